The van der Waals surface area contributed by atoms with Crippen LogP contribution in [0.2, 0.25) is 0 Å². The van der Waals surface area contributed by atoms with Crippen LogP contribution in [0, 0.1) is 16.2 Å². The largest absolute Gasteiger partial charge is 0.463 e. The second-order valence-corrected chi connectivity index (χ2v) is 27.3. The average Bonchev–Trinajstić information content (AvgIpc) is 0.787. The van der Waals surface area contributed by atoms with Crippen LogP contribution >= 0.6 is 0 Å². The maximum atomic E-state index is 14.6. The van der Waals surface area contributed by atoms with Crippen LogP contribution in [0.5, 0.6) is 0 Å². The van der Waals surface area contributed by atoms with Crippen LogP contribution in [0.15, 0.2) is 182 Å². The van der Waals surface area contributed by atoms with E-state index in [-0.39, 0.29) is 52.9 Å². The number of ether oxygens (including phenoxy) is 15. The zero-order chi connectivity index (χ0) is 69.1. The molecule has 516 valence electrons. The van der Waals surface area contributed by atoms with Crippen molar-refractivity contribution >= 4 is 23.9 Å². The zero-order valence-corrected chi connectivity index (χ0v) is 56.6. The molecular weight excluding hydrogens is 1230 g/mol. The lowest BCUT2D eigenvalue weighted by molar-refractivity contribution is -0.350. The van der Waals surface area contributed by atoms with Gasteiger partial charge in [-0.15, -0.1) is 0 Å². The van der Waals surface area contributed by atoms with Crippen molar-refractivity contribution in [3.8, 4) is 0 Å². The van der Waals surface area contributed by atoms with Gasteiger partial charge in [-0.05, 0) is 95.7 Å². The molecule has 0 N–H and O–H groups in total. The lowest BCUT2D eigenvalue weighted by Gasteiger charge is -2.48. The molecule has 96 heavy (non-hydrogen) atoms. The first kappa shape index (κ1) is 71.5. The summed E-state index contributed by atoms with van der Waals surface area (Å²) in [4.78, 5) is 55.6. The molecule has 6 aromatic rings. The summed E-state index contributed by atoms with van der Waals surface area (Å²) in [7, 11) is 0. The minimum atomic E-state index is -1.53. The molecule has 0 aromatic heterocycles. The lowest BCUT2D eigenvalue weighted by atomic mass is 9.94. The van der Waals surface area contributed by atoms with Gasteiger partial charge in [0.25, 0.3) is 0 Å². The van der Waals surface area contributed by atoms with E-state index in [0.29, 0.717) is 0 Å². The zero-order valence-electron chi connectivity index (χ0n) is 57.6. The molecule has 3 saturated heterocycles. The summed E-state index contributed by atoms with van der Waals surface area (Å²) in [5.74, 6) is -2.39. The molecule has 15 atom stereocenters. The first-order valence-corrected chi connectivity index (χ1v) is 32.8. The highest BCUT2D eigenvalue weighted by Gasteiger charge is 2.55. The lowest BCUT2D eigenvalue weighted by Crippen LogP contribution is -2.65. The Bertz CT molecular complexity index is 3350. The molecule has 19 heteroatoms. The monoisotopic (exact) mass is 1320 g/mol. The Labute approximate surface area is 565 Å². The molecule has 0 saturated carbocycles. The van der Waals surface area contributed by atoms with Crippen molar-refractivity contribution in [2.75, 3.05) is 26.4 Å². The first-order valence-electron chi connectivity index (χ1n) is 33.4. The Morgan fingerprint density at radius 2 is 0.625 bits per heavy atom. The molecule has 0 spiro atoms. The van der Waals surface area contributed by atoms with E-state index < -0.39 is 139 Å². The summed E-state index contributed by atoms with van der Waals surface area (Å²) in [6.45, 7) is 14.4. The number of esters is 4. The standard InChI is InChI=1S/C77H94O19/c1-51(78)82-48-59-64(86-43-54-33-21-13-22-34-54)66(88-45-56-37-25-15-26-38-56)69(96-74(81)77(8,9)10)71(92-59)91-50-60-65(87-44-55-35-23-14-24-36-55)67(89-46-57-39-27-16-28-40-57)68(95-73(80)76(5,6)7)70(93-60)90-47-58-62(84-41-52-29-17-11-18-30-52)63(85-42-53-31-19-12-20-32-53)61(49-83-58)94-72(79)75(2,3)4/h11-40,58-71H,41-50H2,1-10H3/t58?,59?,60?,61?,62-,63+,64-,65-,66-,67-,68?,69?,70-,71-/m1/s1/i49D/t49-,58?,59?,60?,61?,62+,63-,64+,65+,66+,67+,68?,69?,70+,71+/m0. The molecule has 9 rings (SSSR count). The van der Waals surface area contributed by atoms with Gasteiger partial charge in [-0.3, -0.25) is 19.2 Å². The van der Waals surface area contributed by atoms with Crippen molar-refractivity contribution in [3.63, 3.8) is 0 Å². The van der Waals surface area contributed by atoms with Crippen LogP contribution in [-0.2, 0) is 130 Å². The van der Waals surface area contributed by atoms with Gasteiger partial charge in [0.15, 0.2) is 30.9 Å². The average molecular weight is 1320 g/mol. The van der Waals surface area contributed by atoms with E-state index in [4.69, 9.17) is 71.1 Å². The smallest absolute Gasteiger partial charge is 0.311 e. The van der Waals surface area contributed by atoms with Crippen molar-refractivity contribution < 1.29 is 91.6 Å². The highest BCUT2D eigenvalue weighted by molar-refractivity contribution is 5.76. The molecule has 0 bridgehead atoms. The van der Waals surface area contributed by atoms with Crippen LogP contribution in [0.4, 0.5) is 0 Å². The van der Waals surface area contributed by atoms with Gasteiger partial charge in [-0.25, -0.2) is 0 Å². The summed E-state index contributed by atoms with van der Waals surface area (Å²) < 4.78 is 110. The number of hydrogen-bond donors (Lipinski definition) is 0. The van der Waals surface area contributed by atoms with Crippen molar-refractivity contribution in [2.45, 2.75) is 195 Å². The number of carbonyl (C=O) groups is 4. The van der Waals surface area contributed by atoms with E-state index >= 15 is 0 Å². The van der Waals surface area contributed by atoms with Crippen molar-refractivity contribution in [2.24, 2.45) is 16.2 Å². The van der Waals surface area contributed by atoms with Crippen molar-refractivity contribution in [1.29, 1.82) is 0 Å². The summed E-state index contributed by atoms with van der Waals surface area (Å²) in [5, 5.41) is 0. The van der Waals surface area contributed by atoms with E-state index in [1.165, 1.54) is 6.92 Å². The van der Waals surface area contributed by atoms with E-state index in [9.17, 15) is 20.5 Å². The van der Waals surface area contributed by atoms with E-state index in [1.54, 1.807) is 62.3 Å². The first-order chi connectivity index (χ1) is 46.5. The number of rotatable bonds is 29. The van der Waals surface area contributed by atoms with Gasteiger partial charge in [-0.2, -0.15) is 0 Å². The summed E-state index contributed by atoms with van der Waals surface area (Å²) in [6.07, 6.45) is -17.2. The van der Waals surface area contributed by atoms with Gasteiger partial charge in [0.2, 0.25) is 0 Å². The second kappa shape index (κ2) is 34.8. The molecule has 3 heterocycles. The Morgan fingerprint density at radius 3 is 0.938 bits per heavy atom. The molecule has 3 aliphatic heterocycles. The fourth-order valence-corrected chi connectivity index (χ4v) is 10.8. The third-order valence-electron chi connectivity index (χ3n) is 16.2. The summed E-state index contributed by atoms with van der Waals surface area (Å²) in [5.41, 5.74) is 1.75. The molecule has 0 aliphatic carbocycles. The Balaban J connectivity index is 1.13. The minimum Gasteiger partial charge on any atom is -0.463 e. The highest BCUT2D eigenvalue weighted by Crippen LogP contribution is 2.38. The van der Waals surface area contributed by atoms with Gasteiger partial charge in [0.1, 0.15) is 61.5 Å². The molecule has 6 aromatic carbocycles. The fraction of sp³-hybridized carbons (Fsp3) is 0.481. The normalized spacial score (nSPS) is 26.4. The maximum absolute atomic E-state index is 14.6. The molecule has 0 radical (unpaired) electrons. The third-order valence-corrected chi connectivity index (χ3v) is 16.2. The van der Waals surface area contributed by atoms with Crippen LogP contribution in [-0.4, -0.2) is 136 Å². The molecule has 0 amide bonds. The predicted octanol–water partition coefficient (Wildman–Crippen LogP) is 11.8. The van der Waals surface area contributed by atoms with Gasteiger partial charge in [0, 0.05) is 6.92 Å². The van der Waals surface area contributed by atoms with Gasteiger partial charge >= 0.3 is 23.9 Å². The predicted molar refractivity (Wildman–Crippen MR) is 354 cm³/mol. The van der Waals surface area contributed by atoms with Crippen LogP contribution < -0.4 is 0 Å². The second-order valence-electron chi connectivity index (χ2n) is 27.3. The molecule has 3 aliphatic rings. The Kier molecular flexibility index (Phi) is 25.9. The van der Waals surface area contributed by atoms with Gasteiger partial charge < -0.3 is 71.1 Å². The van der Waals surface area contributed by atoms with Crippen LogP contribution in [0.3, 0.4) is 0 Å². The third kappa shape index (κ3) is 21.4. The fourth-order valence-electron chi connectivity index (χ4n) is 10.8. The minimum absolute atomic E-state index is 0.00344. The molecular formula is C77H94O19. The molecule has 3 fully saturated rings. The summed E-state index contributed by atoms with van der Waals surface area (Å²) >= 11 is 0. The number of benzene rings is 6. The number of carbonyl (C=O) groups excluding carboxylic acids is 4. The number of hydrogen-bond acceptors (Lipinski definition) is 19. The summed E-state index contributed by atoms with van der Waals surface area (Å²) in [6, 6.07) is 56.8. The van der Waals surface area contributed by atoms with Gasteiger partial charge in [-0.1, -0.05) is 182 Å². The maximum Gasteiger partial charge on any atom is 0.311 e. The van der Waals surface area contributed by atoms with E-state index in [2.05, 4.69) is 0 Å². The quantitative estimate of drug-likeness (QED) is 0.0316. The van der Waals surface area contributed by atoms with E-state index in [0.717, 1.165) is 33.4 Å². The Hall–Kier alpha value is -7.24. The topological polar surface area (TPSA) is 207 Å². The highest BCUT2D eigenvalue weighted by atomic mass is 16.8. The Morgan fingerprint density at radius 1 is 0.354 bits per heavy atom. The van der Waals surface area contributed by atoms with Gasteiger partial charge in [0.05, 0.1) is 77.1 Å². The van der Waals surface area contributed by atoms with Crippen LogP contribution in [0.1, 0.15) is 104 Å². The van der Waals surface area contributed by atoms with Crippen LogP contribution in [0.25, 0.3) is 0 Å². The van der Waals surface area contributed by atoms with Crippen molar-refractivity contribution in [3.05, 3.63) is 215 Å². The van der Waals surface area contributed by atoms with E-state index in [1.807, 2.05) is 182 Å². The molecule has 19 nitrogen and oxygen atoms in total. The van der Waals surface area contributed by atoms with Crippen molar-refractivity contribution in [1.82, 2.24) is 0 Å². The molecule has 6 unspecified atom stereocenters. The SMILES string of the molecule is [2H][C@@H]1OC(CO[C@@H]2OC(CO[C@@H]3OC(COC(C)=O)[C@@H](OCc4ccccc4)[C@@H](OCc4ccccc4)C3OC(=O)C(C)(C)C)[C@@H](OCc3ccccc3)[C@@H](OCc3ccccc3)C2OC(=O)C(C)(C)C)[C@@H](OCc2ccccc2)[C@@H](OCc2ccccc2)C1OC(=O)C(C)(C)C.